The predicted octanol–water partition coefficient (Wildman–Crippen LogP) is 5.41. The van der Waals surface area contributed by atoms with Gasteiger partial charge in [0.25, 0.3) is 5.91 Å². The van der Waals surface area contributed by atoms with Crippen LogP contribution >= 0.6 is 0 Å². The minimum Gasteiger partial charge on any atom is -0.478 e. The summed E-state index contributed by atoms with van der Waals surface area (Å²) in [6, 6.07) is 23.9. The lowest BCUT2D eigenvalue weighted by Crippen LogP contribution is -2.15. The number of benzene rings is 3. The highest BCUT2D eigenvalue weighted by molar-refractivity contribution is 6.08. The third-order valence-corrected chi connectivity index (χ3v) is 5.11. The van der Waals surface area contributed by atoms with Gasteiger partial charge in [-0.3, -0.25) is 9.78 Å². The normalized spacial score (nSPS) is 10.4. The molecule has 0 saturated heterocycles. The van der Waals surface area contributed by atoms with Gasteiger partial charge in [-0.25, -0.2) is 4.79 Å². The van der Waals surface area contributed by atoms with Gasteiger partial charge in [0, 0.05) is 36.3 Å². The van der Waals surface area contributed by atoms with E-state index in [0.29, 0.717) is 5.56 Å². The number of aromatic carboxylic acids is 1. The largest absolute Gasteiger partial charge is 0.478 e. The Bertz CT molecular complexity index is 1290. The molecule has 0 unspecified atom stereocenters. The lowest BCUT2D eigenvalue weighted by Gasteiger charge is -2.14. The molecule has 0 saturated carbocycles. The molecule has 0 atom stereocenters. The number of hydrogen-bond donors (Lipinski definition) is 3. The molecule has 0 spiro atoms. The van der Waals surface area contributed by atoms with E-state index in [1.165, 1.54) is 12.3 Å². The first-order chi connectivity index (χ1) is 15.6. The van der Waals surface area contributed by atoms with Gasteiger partial charge in [0.2, 0.25) is 0 Å². The van der Waals surface area contributed by atoms with E-state index >= 15 is 0 Å². The van der Waals surface area contributed by atoms with Crippen LogP contribution in [0.5, 0.6) is 0 Å². The molecular weight excluding hydrogens is 402 g/mol. The van der Waals surface area contributed by atoms with Crippen molar-refractivity contribution in [1.82, 2.24) is 4.98 Å². The van der Waals surface area contributed by atoms with Gasteiger partial charge < -0.3 is 15.7 Å². The van der Waals surface area contributed by atoms with Crippen molar-refractivity contribution in [2.75, 3.05) is 17.7 Å². The smallest absolute Gasteiger partial charge is 0.337 e. The van der Waals surface area contributed by atoms with E-state index in [-0.39, 0.29) is 11.3 Å². The SMILES string of the molecule is CNc1ccccc1-c1ccc(C(=O)O)c(NC(=O)c2cncc(-c3ccccc3)c2)c1. The summed E-state index contributed by atoms with van der Waals surface area (Å²) in [7, 11) is 1.82. The molecular formula is C26H21N3O3. The van der Waals surface area contributed by atoms with Crippen molar-refractivity contribution in [3.8, 4) is 22.3 Å². The molecule has 1 amide bonds. The highest BCUT2D eigenvalue weighted by atomic mass is 16.4. The van der Waals surface area contributed by atoms with E-state index in [4.69, 9.17) is 0 Å². The van der Waals surface area contributed by atoms with Gasteiger partial charge in [-0.15, -0.1) is 0 Å². The minimum atomic E-state index is -1.12. The molecule has 3 N–H and O–H groups in total. The molecule has 1 aromatic heterocycles. The Morgan fingerprint density at radius 3 is 2.28 bits per heavy atom. The van der Waals surface area contributed by atoms with Crippen molar-refractivity contribution in [2.45, 2.75) is 0 Å². The molecule has 0 bridgehead atoms. The van der Waals surface area contributed by atoms with Crippen molar-refractivity contribution >= 4 is 23.3 Å². The van der Waals surface area contributed by atoms with Crippen LogP contribution in [0.4, 0.5) is 11.4 Å². The summed E-state index contributed by atoms with van der Waals surface area (Å²) >= 11 is 0. The summed E-state index contributed by atoms with van der Waals surface area (Å²) in [4.78, 5) is 28.9. The second-order valence-electron chi connectivity index (χ2n) is 7.14. The molecule has 0 aliphatic carbocycles. The average Bonchev–Trinajstić information content (AvgIpc) is 2.84. The number of anilines is 2. The summed E-state index contributed by atoms with van der Waals surface area (Å²) < 4.78 is 0. The number of hydrogen-bond acceptors (Lipinski definition) is 4. The number of para-hydroxylation sites is 1. The zero-order chi connectivity index (χ0) is 22.5. The topological polar surface area (TPSA) is 91.3 Å². The van der Waals surface area contributed by atoms with Crippen LogP contribution in [0, 0.1) is 0 Å². The molecule has 6 nitrogen and oxygen atoms in total. The van der Waals surface area contributed by atoms with Crippen LogP contribution in [0.25, 0.3) is 22.3 Å². The Balaban J connectivity index is 1.69. The number of aromatic nitrogens is 1. The highest BCUT2D eigenvalue weighted by Crippen LogP contribution is 2.31. The predicted molar refractivity (Wildman–Crippen MR) is 126 cm³/mol. The monoisotopic (exact) mass is 423 g/mol. The number of amides is 1. The highest BCUT2D eigenvalue weighted by Gasteiger charge is 2.16. The van der Waals surface area contributed by atoms with E-state index in [9.17, 15) is 14.7 Å². The number of nitrogens with zero attached hydrogens (tertiary/aromatic N) is 1. The zero-order valence-electron chi connectivity index (χ0n) is 17.4. The van der Waals surface area contributed by atoms with E-state index in [0.717, 1.165) is 27.9 Å². The van der Waals surface area contributed by atoms with Crippen LogP contribution in [0.2, 0.25) is 0 Å². The maximum absolute atomic E-state index is 13.0. The molecule has 0 radical (unpaired) electrons. The summed E-state index contributed by atoms with van der Waals surface area (Å²) in [6.07, 6.45) is 3.15. The van der Waals surface area contributed by atoms with Crippen LogP contribution in [0.3, 0.4) is 0 Å². The van der Waals surface area contributed by atoms with Gasteiger partial charge in [0.05, 0.1) is 16.8 Å². The molecule has 158 valence electrons. The molecule has 0 aliphatic heterocycles. The molecule has 1 heterocycles. The zero-order valence-corrected chi connectivity index (χ0v) is 17.4. The van der Waals surface area contributed by atoms with E-state index in [1.807, 2.05) is 61.6 Å². The van der Waals surface area contributed by atoms with Gasteiger partial charge in [0.1, 0.15) is 0 Å². The van der Waals surface area contributed by atoms with Gasteiger partial charge in [-0.2, -0.15) is 0 Å². The number of nitrogens with one attached hydrogen (secondary N) is 2. The molecule has 0 fully saturated rings. The fourth-order valence-electron chi connectivity index (χ4n) is 3.50. The molecule has 4 rings (SSSR count). The van der Waals surface area contributed by atoms with E-state index < -0.39 is 11.9 Å². The van der Waals surface area contributed by atoms with Crippen molar-refractivity contribution < 1.29 is 14.7 Å². The van der Waals surface area contributed by atoms with Gasteiger partial charge in [-0.1, -0.05) is 54.6 Å². The Kier molecular flexibility index (Phi) is 5.94. The number of carboxylic acids is 1. The first-order valence-corrected chi connectivity index (χ1v) is 10.0. The van der Waals surface area contributed by atoms with Crippen LogP contribution < -0.4 is 10.6 Å². The average molecular weight is 423 g/mol. The maximum Gasteiger partial charge on any atom is 0.337 e. The Morgan fingerprint density at radius 1 is 0.781 bits per heavy atom. The molecule has 0 aliphatic rings. The van der Waals surface area contributed by atoms with E-state index in [1.54, 1.807) is 24.4 Å². The summed E-state index contributed by atoms with van der Waals surface area (Å²) in [5, 5.41) is 15.5. The summed E-state index contributed by atoms with van der Waals surface area (Å²) in [5.74, 6) is -1.55. The van der Waals surface area contributed by atoms with Crippen molar-refractivity contribution in [3.05, 3.63) is 102 Å². The molecule has 4 aromatic rings. The second kappa shape index (κ2) is 9.14. The molecule has 32 heavy (non-hydrogen) atoms. The Labute approximate surface area is 185 Å². The quantitative estimate of drug-likeness (QED) is 0.386. The number of carboxylic acid groups (broad SMARTS) is 1. The second-order valence-corrected chi connectivity index (χ2v) is 7.14. The first-order valence-electron chi connectivity index (χ1n) is 10.0. The Morgan fingerprint density at radius 2 is 1.53 bits per heavy atom. The lowest BCUT2D eigenvalue weighted by molar-refractivity contribution is 0.0698. The minimum absolute atomic E-state index is 0.0104. The van der Waals surface area contributed by atoms with Gasteiger partial charge >= 0.3 is 5.97 Å². The van der Waals surface area contributed by atoms with Gasteiger partial charge in [-0.05, 0) is 35.4 Å². The van der Waals surface area contributed by atoms with Gasteiger partial charge in [0.15, 0.2) is 0 Å². The first kappa shape index (κ1) is 20.8. The van der Waals surface area contributed by atoms with Crippen molar-refractivity contribution in [1.29, 1.82) is 0 Å². The standard InChI is InChI=1S/C26H21N3O3/c1-27-23-10-6-5-9-21(23)18-11-12-22(26(31)32)24(14-18)29-25(30)20-13-19(15-28-16-20)17-7-3-2-4-8-17/h2-16,27H,1H3,(H,29,30)(H,31,32). The summed E-state index contributed by atoms with van der Waals surface area (Å²) in [6.45, 7) is 0. The Hall–Kier alpha value is -4.45. The number of carbonyl (C=O) groups excluding carboxylic acids is 1. The fourth-order valence-corrected chi connectivity index (χ4v) is 3.50. The lowest BCUT2D eigenvalue weighted by atomic mass is 10.00. The van der Waals surface area contributed by atoms with Crippen molar-refractivity contribution in [2.24, 2.45) is 0 Å². The molecule has 6 heteroatoms. The fraction of sp³-hybridized carbons (Fsp3) is 0.0385. The van der Waals surface area contributed by atoms with Crippen LogP contribution in [-0.4, -0.2) is 29.0 Å². The third-order valence-electron chi connectivity index (χ3n) is 5.11. The van der Waals surface area contributed by atoms with Crippen LogP contribution in [0.15, 0.2) is 91.3 Å². The van der Waals surface area contributed by atoms with Crippen molar-refractivity contribution in [3.63, 3.8) is 0 Å². The van der Waals surface area contributed by atoms with Crippen LogP contribution in [-0.2, 0) is 0 Å². The van der Waals surface area contributed by atoms with E-state index in [2.05, 4.69) is 15.6 Å². The van der Waals surface area contributed by atoms with Crippen LogP contribution in [0.1, 0.15) is 20.7 Å². The maximum atomic E-state index is 13.0. The summed E-state index contributed by atoms with van der Waals surface area (Å²) in [5.41, 5.74) is 4.88. The number of pyridine rings is 1. The molecule has 3 aromatic carbocycles. The third kappa shape index (κ3) is 4.34. The number of rotatable bonds is 6. The number of carbonyl (C=O) groups is 2.